The first-order valence-corrected chi connectivity index (χ1v) is 5.80. The van der Waals surface area contributed by atoms with Crippen molar-refractivity contribution in [3.05, 3.63) is 38.4 Å². The lowest BCUT2D eigenvalue weighted by atomic mass is 10.3. The van der Waals surface area contributed by atoms with Gasteiger partial charge in [0.15, 0.2) is 0 Å². The molecular formula is C10H9BrINO. The molecule has 1 N–H and O–H groups in total. The van der Waals surface area contributed by atoms with Crippen molar-refractivity contribution in [3.63, 3.8) is 0 Å². The fourth-order valence-electron chi connectivity index (χ4n) is 0.822. The normalized spacial score (nSPS) is 9.64. The molecule has 74 valence electrons. The second-order valence-electron chi connectivity index (χ2n) is 2.86. The zero-order chi connectivity index (χ0) is 10.7. The molecule has 0 saturated carbocycles. The Morgan fingerprint density at radius 2 is 2.21 bits per heavy atom. The van der Waals surface area contributed by atoms with E-state index in [9.17, 15) is 4.79 Å². The first-order valence-electron chi connectivity index (χ1n) is 3.92. The Morgan fingerprint density at radius 1 is 1.57 bits per heavy atom. The highest BCUT2D eigenvalue weighted by Crippen LogP contribution is 2.24. The number of anilines is 1. The third-order valence-corrected chi connectivity index (χ3v) is 2.93. The number of halogens is 2. The molecule has 0 bridgehead atoms. The van der Waals surface area contributed by atoms with Crippen molar-refractivity contribution in [3.8, 4) is 0 Å². The maximum Gasteiger partial charge on any atom is 0.250 e. The third kappa shape index (κ3) is 3.09. The van der Waals surface area contributed by atoms with Crippen LogP contribution in [-0.4, -0.2) is 5.91 Å². The number of rotatable bonds is 2. The predicted molar refractivity (Wildman–Crippen MR) is 70.3 cm³/mol. The molecule has 2 nitrogen and oxygen atoms in total. The van der Waals surface area contributed by atoms with E-state index >= 15 is 0 Å². The topological polar surface area (TPSA) is 29.1 Å². The van der Waals surface area contributed by atoms with Crippen molar-refractivity contribution in [1.29, 1.82) is 0 Å². The summed E-state index contributed by atoms with van der Waals surface area (Å²) in [6.07, 6.45) is 0. The van der Waals surface area contributed by atoms with Gasteiger partial charge in [0.05, 0.1) is 5.69 Å². The fourth-order valence-corrected chi connectivity index (χ4v) is 1.66. The molecule has 0 spiro atoms. The van der Waals surface area contributed by atoms with Gasteiger partial charge in [-0.05, 0) is 63.6 Å². The van der Waals surface area contributed by atoms with Crippen LogP contribution in [0.3, 0.4) is 0 Å². The Bertz CT molecular complexity index is 390. The van der Waals surface area contributed by atoms with Crippen LogP contribution in [0.25, 0.3) is 0 Å². The number of hydrogen-bond donors (Lipinski definition) is 1. The van der Waals surface area contributed by atoms with E-state index in [2.05, 4.69) is 50.4 Å². The van der Waals surface area contributed by atoms with Crippen LogP contribution in [0.1, 0.15) is 6.92 Å². The van der Waals surface area contributed by atoms with Gasteiger partial charge in [0.2, 0.25) is 0 Å². The van der Waals surface area contributed by atoms with Crippen molar-refractivity contribution in [2.45, 2.75) is 6.92 Å². The van der Waals surface area contributed by atoms with Gasteiger partial charge in [0.1, 0.15) is 0 Å². The SMILES string of the molecule is C=C(C)C(=O)Nc1cc(I)ccc1Br. The van der Waals surface area contributed by atoms with Crippen LogP contribution in [0.5, 0.6) is 0 Å². The highest BCUT2D eigenvalue weighted by Gasteiger charge is 2.05. The van der Waals surface area contributed by atoms with Crippen LogP contribution >= 0.6 is 38.5 Å². The standard InChI is InChI=1S/C10H9BrINO/c1-6(2)10(14)13-9-5-7(12)3-4-8(9)11/h3-5H,1H2,2H3,(H,13,14). The monoisotopic (exact) mass is 365 g/mol. The molecule has 0 aliphatic carbocycles. The molecule has 0 fully saturated rings. The summed E-state index contributed by atoms with van der Waals surface area (Å²) in [5, 5.41) is 2.76. The van der Waals surface area contributed by atoms with E-state index in [1.165, 1.54) is 0 Å². The minimum Gasteiger partial charge on any atom is -0.321 e. The molecule has 14 heavy (non-hydrogen) atoms. The summed E-state index contributed by atoms with van der Waals surface area (Å²) in [5.41, 5.74) is 1.26. The molecular weight excluding hydrogens is 357 g/mol. The summed E-state index contributed by atoms with van der Waals surface area (Å²) < 4.78 is 1.94. The highest BCUT2D eigenvalue weighted by molar-refractivity contribution is 14.1. The van der Waals surface area contributed by atoms with Gasteiger partial charge >= 0.3 is 0 Å². The van der Waals surface area contributed by atoms with Gasteiger partial charge in [-0.15, -0.1) is 0 Å². The molecule has 0 unspecified atom stereocenters. The van der Waals surface area contributed by atoms with E-state index in [0.717, 1.165) is 13.7 Å². The number of carbonyl (C=O) groups is 1. The predicted octanol–water partition coefficient (Wildman–Crippen LogP) is 3.57. The Morgan fingerprint density at radius 3 is 2.79 bits per heavy atom. The molecule has 0 heterocycles. The summed E-state index contributed by atoms with van der Waals surface area (Å²) in [6.45, 7) is 5.25. The number of amides is 1. The molecule has 0 radical (unpaired) electrons. The second-order valence-corrected chi connectivity index (χ2v) is 4.96. The van der Waals surface area contributed by atoms with Gasteiger partial charge in [-0.3, -0.25) is 4.79 Å². The first kappa shape index (κ1) is 11.7. The van der Waals surface area contributed by atoms with Crippen LogP contribution < -0.4 is 5.32 Å². The Balaban J connectivity index is 2.91. The lowest BCUT2D eigenvalue weighted by Gasteiger charge is -2.07. The zero-order valence-electron chi connectivity index (χ0n) is 7.60. The molecule has 1 aromatic carbocycles. The van der Waals surface area contributed by atoms with E-state index in [1.807, 2.05) is 18.2 Å². The molecule has 1 aromatic rings. The van der Waals surface area contributed by atoms with E-state index < -0.39 is 0 Å². The van der Waals surface area contributed by atoms with Crippen LogP contribution in [0.4, 0.5) is 5.69 Å². The molecule has 0 aliphatic rings. The lowest BCUT2D eigenvalue weighted by Crippen LogP contribution is -2.12. The molecule has 0 aromatic heterocycles. The van der Waals surface area contributed by atoms with Crippen molar-refractivity contribution in [2.75, 3.05) is 5.32 Å². The minimum absolute atomic E-state index is 0.160. The van der Waals surface area contributed by atoms with E-state index in [1.54, 1.807) is 6.92 Å². The largest absolute Gasteiger partial charge is 0.321 e. The quantitative estimate of drug-likeness (QED) is 0.630. The van der Waals surface area contributed by atoms with E-state index in [4.69, 9.17) is 0 Å². The van der Waals surface area contributed by atoms with Gasteiger partial charge in [-0.2, -0.15) is 0 Å². The number of carbonyl (C=O) groups excluding carboxylic acids is 1. The summed E-state index contributed by atoms with van der Waals surface area (Å²) >= 11 is 5.55. The van der Waals surface area contributed by atoms with Crippen LogP contribution in [-0.2, 0) is 4.79 Å². The molecule has 0 atom stereocenters. The van der Waals surface area contributed by atoms with Crippen LogP contribution in [0.2, 0.25) is 0 Å². The fraction of sp³-hybridized carbons (Fsp3) is 0.100. The molecule has 0 aliphatic heterocycles. The second kappa shape index (κ2) is 4.93. The summed E-state index contributed by atoms with van der Waals surface area (Å²) in [7, 11) is 0. The summed E-state index contributed by atoms with van der Waals surface area (Å²) in [5.74, 6) is -0.160. The zero-order valence-corrected chi connectivity index (χ0v) is 11.3. The van der Waals surface area contributed by atoms with Gasteiger partial charge in [-0.1, -0.05) is 6.58 Å². The van der Waals surface area contributed by atoms with Gasteiger partial charge in [0.25, 0.3) is 5.91 Å². The average Bonchev–Trinajstić information content (AvgIpc) is 2.11. The third-order valence-electron chi connectivity index (χ3n) is 1.56. The van der Waals surface area contributed by atoms with Crippen molar-refractivity contribution in [1.82, 2.24) is 0 Å². The smallest absolute Gasteiger partial charge is 0.250 e. The van der Waals surface area contributed by atoms with Crippen molar-refractivity contribution >= 4 is 50.1 Å². The van der Waals surface area contributed by atoms with Crippen molar-refractivity contribution in [2.24, 2.45) is 0 Å². The van der Waals surface area contributed by atoms with E-state index in [0.29, 0.717) is 5.57 Å². The average molecular weight is 366 g/mol. The Kier molecular flexibility index (Phi) is 4.12. The van der Waals surface area contributed by atoms with Gasteiger partial charge in [-0.25, -0.2) is 0 Å². The summed E-state index contributed by atoms with van der Waals surface area (Å²) in [6, 6.07) is 5.75. The first-order chi connectivity index (χ1) is 6.50. The number of benzene rings is 1. The van der Waals surface area contributed by atoms with Crippen LogP contribution in [0, 0.1) is 3.57 Å². The van der Waals surface area contributed by atoms with Gasteiger partial charge < -0.3 is 5.32 Å². The maximum atomic E-state index is 11.3. The van der Waals surface area contributed by atoms with Gasteiger partial charge in [0, 0.05) is 13.6 Å². The Hall–Kier alpha value is -0.360. The summed E-state index contributed by atoms with van der Waals surface area (Å²) in [4.78, 5) is 11.3. The molecule has 4 heteroatoms. The van der Waals surface area contributed by atoms with Crippen molar-refractivity contribution < 1.29 is 4.79 Å². The minimum atomic E-state index is -0.160. The molecule has 0 saturated heterocycles. The van der Waals surface area contributed by atoms with Crippen LogP contribution in [0.15, 0.2) is 34.8 Å². The Labute approximate surface area is 105 Å². The number of hydrogen-bond acceptors (Lipinski definition) is 1. The molecule has 1 rings (SSSR count). The number of nitrogens with one attached hydrogen (secondary N) is 1. The maximum absolute atomic E-state index is 11.3. The lowest BCUT2D eigenvalue weighted by molar-refractivity contribution is -0.112. The van der Waals surface area contributed by atoms with E-state index in [-0.39, 0.29) is 5.91 Å². The highest BCUT2D eigenvalue weighted by atomic mass is 127. The molecule has 1 amide bonds.